The maximum absolute atomic E-state index is 10.1. The third-order valence-corrected chi connectivity index (χ3v) is 6.07. The molecule has 0 amide bonds. The number of carbonyl (C=O) groups excluding carboxylic acids is 3. The molecule has 1 unspecified atom stereocenters. The fourth-order valence-electron chi connectivity index (χ4n) is 2.97. The third kappa shape index (κ3) is 10.6. The summed E-state index contributed by atoms with van der Waals surface area (Å²) in [7, 11) is 0. The number of aromatic carboxylic acids is 3. The molecule has 0 heterocycles. The average Bonchev–Trinajstić information content (AvgIpc) is 3.32. The van der Waals surface area contributed by atoms with E-state index in [0.29, 0.717) is 3.63 Å². The second-order valence-corrected chi connectivity index (χ2v) is 8.96. The van der Waals surface area contributed by atoms with Gasteiger partial charge in [0.05, 0.1) is 17.9 Å². The van der Waals surface area contributed by atoms with Gasteiger partial charge in [-0.25, -0.2) is 0 Å². The van der Waals surface area contributed by atoms with Crippen molar-refractivity contribution in [1.29, 1.82) is 0 Å². The fraction of sp³-hybridized carbons (Fsp3) is 0.0333. The number of benzene rings is 4. The van der Waals surface area contributed by atoms with E-state index in [4.69, 9.17) is 0 Å². The zero-order chi connectivity index (χ0) is 27.0. The quantitative estimate of drug-likeness (QED) is 0.374. The predicted molar refractivity (Wildman–Crippen MR) is 131 cm³/mol. The van der Waals surface area contributed by atoms with Crippen LogP contribution in [0.4, 0.5) is 0 Å². The van der Waals surface area contributed by atoms with Crippen molar-refractivity contribution < 1.29 is 54.4 Å². The second-order valence-electron chi connectivity index (χ2n) is 7.43. The van der Waals surface area contributed by atoms with E-state index in [9.17, 15) is 29.7 Å². The van der Waals surface area contributed by atoms with Gasteiger partial charge in [0.1, 0.15) is 0 Å². The van der Waals surface area contributed by atoms with E-state index in [0.717, 1.165) is 0 Å². The van der Waals surface area contributed by atoms with Crippen molar-refractivity contribution in [3.8, 4) is 0 Å². The van der Waals surface area contributed by atoms with Crippen molar-refractivity contribution in [2.75, 3.05) is 0 Å². The Morgan fingerprint density at radius 2 is 0.838 bits per heavy atom. The van der Waals surface area contributed by atoms with Crippen LogP contribution in [0, 0.1) is 0 Å². The minimum atomic E-state index is -1.13. The monoisotopic (exact) mass is 568 g/mol. The summed E-state index contributed by atoms with van der Waals surface area (Å²) >= 11 is 1.59. The summed E-state index contributed by atoms with van der Waals surface area (Å²) in [5, 5.41) is 30.3. The molecule has 4 aromatic rings. The molecule has 0 saturated heterocycles. The van der Waals surface area contributed by atoms with Crippen LogP contribution in [0.1, 0.15) is 45.8 Å². The van der Waals surface area contributed by atoms with Gasteiger partial charge in [-0.1, -0.05) is 91.0 Å². The topological polar surface area (TPSA) is 120 Å². The summed E-state index contributed by atoms with van der Waals surface area (Å²) in [6, 6.07) is 32.8. The molecule has 1 atom stereocenters. The molecule has 1 aliphatic carbocycles. The summed E-state index contributed by atoms with van der Waals surface area (Å²) in [4.78, 5) is 30.3. The molecule has 7 heteroatoms. The van der Waals surface area contributed by atoms with Gasteiger partial charge in [-0.05, 0) is 16.7 Å². The van der Waals surface area contributed by atoms with Gasteiger partial charge in [-0.15, -0.1) is 0 Å². The van der Waals surface area contributed by atoms with Crippen molar-refractivity contribution >= 4 is 24.0 Å². The minimum absolute atomic E-state index is 0.220. The number of fused-ring (bicyclic) bond motifs is 1. The molecule has 0 saturated carbocycles. The van der Waals surface area contributed by atoms with E-state index < -0.39 is 17.9 Å². The Labute approximate surface area is 230 Å². The second kappa shape index (κ2) is 15.8. The molecule has 182 valence electrons. The molecular formula is C30H22O6Zr. The van der Waals surface area contributed by atoms with Crippen LogP contribution in [-0.4, -0.2) is 17.9 Å². The number of carbonyl (C=O) groups is 3. The number of hydrogen-bond acceptors (Lipinski definition) is 6. The van der Waals surface area contributed by atoms with Gasteiger partial charge in [0.15, 0.2) is 0 Å². The van der Waals surface area contributed by atoms with Crippen LogP contribution in [0.25, 0.3) is 6.08 Å². The third-order valence-electron chi connectivity index (χ3n) is 4.83. The zero-order valence-electron chi connectivity index (χ0n) is 19.7. The van der Waals surface area contributed by atoms with E-state index in [1.807, 2.05) is 0 Å². The van der Waals surface area contributed by atoms with E-state index in [1.165, 1.54) is 47.5 Å². The Morgan fingerprint density at radius 1 is 0.514 bits per heavy atom. The summed E-state index contributed by atoms with van der Waals surface area (Å²) in [6.45, 7) is 0. The van der Waals surface area contributed by atoms with E-state index in [2.05, 4.69) is 36.4 Å². The van der Waals surface area contributed by atoms with E-state index in [-0.39, 0.29) is 16.7 Å². The molecule has 0 bridgehead atoms. The maximum atomic E-state index is 10.1. The van der Waals surface area contributed by atoms with Gasteiger partial charge in [-0.3, -0.25) is 0 Å². The van der Waals surface area contributed by atoms with Gasteiger partial charge in [0.2, 0.25) is 0 Å². The molecule has 0 spiro atoms. The average molecular weight is 570 g/mol. The van der Waals surface area contributed by atoms with E-state index in [1.54, 1.807) is 79.3 Å². The molecule has 0 aromatic heterocycles. The van der Waals surface area contributed by atoms with Crippen LogP contribution in [0.15, 0.2) is 121 Å². The van der Waals surface area contributed by atoms with Crippen LogP contribution in [0.5, 0.6) is 0 Å². The fourth-order valence-corrected chi connectivity index (χ4v) is 3.85. The first kappa shape index (κ1) is 29.1. The first-order valence-electron chi connectivity index (χ1n) is 11.1. The van der Waals surface area contributed by atoms with Gasteiger partial charge < -0.3 is 29.7 Å². The molecular weight excluding hydrogens is 548 g/mol. The Hall–Kier alpha value is -4.09. The zero-order valence-corrected chi connectivity index (χ0v) is 22.1. The Balaban J connectivity index is 0.000000174. The van der Waals surface area contributed by atoms with Crippen molar-refractivity contribution in [1.82, 2.24) is 0 Å². The molecule has 0 N–H and O–H groups in total. The van der Waals surface area contributed by atoms with Crippen molar-refractivity contribution in [2.45, 2.75) is 3.63 Å². The summed E-state index contributed by atoms with van der Waals surface area (Å²) in [6.07, 6.45) is 4.50. The van der Waals surface area contributed by atoms with Crippen molar-refractivity contribution in [3.63, 3.8) is 0 Å². The van der Waals surface area contributed by atoms with Gasteiger partial charge >= 0.3 is 75.9 Å². The predicted octanol–water partition coefficient (Wildman–Crippen LogP) is 2.45. The summed E-state index contributed by atoms with van der Waals surface area (Å²) in [5.41, 5.74) is 3.57. The van der Waals surface area contributed by atoms with Gasteiger partial charge in [0.25, 0.3) is 0 Å². The molecule has 6 nitrogen and oxygen atoms in total. The Kier molecular flexibility index (Phi) is 12.5. The molecule has 0 aliphatic heterocycles. The molecule has 0 fully saturated rings. The van der Waals surface area contributed by atoms with Crippen LogP contribution in [-0.2, 0) is 24.7 Å². The molecule has 0 radical (unpaired) electrons. The van der Waals surface area contributed by atoms with Crippen LogP contribution >= 0.6 is 0 Å². The normalized spacial score (nSPS) is 12.2. The van der Waals surface area contributed by atoms with Crippen molar-refractivity contribution in [3.05, 3.63) is 149 Å². The first-order chi connectivity index (χ1) is 17.8. The standard InChI is InChI=1S/C9H7.3C7H6O2.Zr/c1-2-5-9-7-3-6-8(9)4-1;3*8-7(9)6-4-2-1-3-5-6;/h1-7H;3*1-5H,(H,8,9);/q;;;;+3/p-3. The van der Waals surface area contributed by atoms with Gasteiger partial charge in [-0.2, -0.15) is 0 Å². The summed E-state index contributed by atoms with van der Waals surface area (Å²) < 4.78 is 0.711. The number of carboxylic acid groups (broad SMARTS) is 3. The molecule has 1 aliphatic rings. The van der Waals surface area contributed by atoms with Gasteiger partial charge in [0, 0.05) is 0 Å². The Morgan fingerprint density at radius 3 is 1.14 bits per heavy atom. The molecule has 5 rings (SSSR count). The summed E-state index contributed by atoms with van der Waals surface area (Å²) in [5.74, 6) is -3.39. The van der Waals surface area contributed by atoms with Crippen molar-refractivity contribution in [2.24, 2.45) is 0 Å². The SMILES string of the molecule is O=C([O-])c1ccccc1.O=C([O-])c1ccccc1.O=C([O-])c1ccccc1.[Zr+3][CH]1C=Cc2ccccc21. The van der Waals surface area contributed by atoms with E-state index >= 15 is 0 Å². The number of allylic oxidation sites excluding steroid dienone is 1. The van der Waals surface area contributed by atoms with Crippen LogP contribution in [0.3, 0.4) is 0 Å². The Bertz CT molecular complexity index is 1190. The number of rotatable bonds is 3. The molecule has 4 aromatic carbocycles. The number of carboxylic acids is 3. The van der Waals surface area contributed by atoms with Crippen LogP contribution < -0.4 is 15.3 Å². The number of hydrogen-bond donors (Lipinski definition) is 0. The first-order valence-corrected chi connectivity index (χ1v) is 12.5. The van der Waals surface area contributed by atoms with Crippen LogP contribution in [0.2, 0.25) is 0 Å². The molecule has 37 heavy (non-hydrogen) atoms.